The number of aromatic nitrogens is 2. The molecule has 1 aromatic rings. The van der Waals surface area contributed by atoms with Gasteiger partial charge >= 0.3 is 0 Å². The first kappa shape index (κ1) is 6.07. The van der Waals surface area contributed by atoms with Crippen LogP contribution in [0.3, 0.4) is 0 Å². The molecule has 0 aromatic carbocycles. The van der Waals surface area contributed by atoms with Crippen LogP contribution in [0.15, 0.2) is 10.7 Å². The van der Waals surface area contributed by atoms with Crippen molar-refractivity contribution >= 4 is 5.88 Å². The van der Waals surface area contributed by atoms with Crippen LogP contribution in [0.5, 0.6) is 0 Å². The molecule has 0 atom stereocenters. The quantitative estimate of drug-likeness (QED) is 0.547. The van der Waals surface area contributed by atoms with E-state index in [1.165, 1.54) is 0 Å². The summed E-state index contributed by atoms with van der Waals surface area (Å²) >= 11 is 0. The second-order valence-electron chi connectivity index (χ2n) is 2.18. The van der Waals surface area contributed by atoms with E-state index in [1.54, 1.807) is 10.9 Å². The van der Waals surface area contributed by atoms with Gasteiger partial charge in [0, 0.05) is 0 Å². The van der Waals surface area contributed by atoms with Crippen LogP contribution in [0.2, 0.25) is 0 Å². The third-order valence-electron chi connectivity index (χ3n) is 1.03. The van der Waals surface area contributed by atoms with Gasteiger partial charge in [-0.05, 0) is 18.5 Å². The van der Waals surface area contributed by atoms with Gasteiger partial charge in [0.25, 0.3) is 12.1 Å². The maximum Gasteiger partial charge on any atom is 0.293 e. The van der Waals surface area contributed by atoms with Gasteiger partial charge in [-0.15, -0.1) is 0 Å². The molecule has 0 fully saturated rings. The van der Waals surface area contributed by atoms with Gasteiger partial charge in [-0.2, -0.15) is 0 Å². The average molecular weight is 128 g/mol. The molecule has 0 bridgehead atoms. The molecule has 0 saturated carbocycles. The summed E-state index contributed by atoms with van der Waals surface area (Å²) in [5, 5.41) is 3.63. The van der Waals surface area contributed by atoms with E-state index in [0.717, 1.165) is 0 Å². The van der Waals surface area contributed by atoms with Crippen molar-refractivity contribution in [2.24, 2.45) is 0 Å². The Bertz CT molecular complexity index is 194. The molecule has 2 N–H and O–H groups in total. The molecule has 0 radical (unpaired) electrons. The molecule has 1 aromatic heterocycles. The number of nitrogen functional groups attached to an aromatic ring is 1. The second-order valence-corrected chi connectivity index (χ2v) is 2.18. The van der Waals surface area contributed by atoms with Gasteiger partial charge in [0.1, 0.15) is 0 Å². The van der Waals surface area contributed by atoms with Gasteiger partial charge in [-0.25, -0.2) is 0 Å². The Morgan fingerprint density at radius 1 is 1.78 bits per heavy atom. The van der Waals surface area contributed by atoms with Crippen LogP contribution in [-0.4, -0.2) is 5.27 Å². The number of nitrogens with two attached hydrogens (primary N) is 1. The Labute approximate surface area is 53.2 Å². The lowest BCUT2D eigenvalue weighted by Crippen LogP contribution is -2.36. The van der Waals surface area contributed by atoms with E-state index in [1.807, 2.05) is 13.8 Å². The molecule has 0 aliphatic rings. The first-order chi connectivity index (χ1) is 4.20. The Morgan fingerprint density at radius 2 is 2.44 bits per heavy atom. The van der Waals surface area contributed by atoms with Crippen molar-refractivity contribution < 1.29 is 9.20 Å². The van der Waals surface area contributed by atoms with Crippen LogP contribution in [0.4, 0.5) is 5.88 Å². The highest BCUT2D eigenvalue weighted by Crippen LogP contribution is 1.94. The molecular weight excluding hydrogens is 118 g/mol. The van der Waals surface area contributed by atoms with Crippen molar-refractivity contribution in [2.45, 2.75) is 19.9 Å². The first-order valence-electron chi connectivity index (χ1n) is 2.84. The van der Waals surface area contributed by atoms with Gasteiger partial charge < -0.3 is 5.73 Å². The molecule has 0 amide bonds. The minimum Gasteiger partial charge on any atom is -0.362 e. The Balaban J connectivity index is 2.85. The van der Waals surface area contributed by atoms with E-state index >= 15 is 0 Å². The van der Waals surface area contributed by atoms with Gasteiger partial charge in [0.05, 0.1) is 0 Å². The number of anilines is 1. The summed E-state index contributed by atoms with van der Waals surface area (Å²) in [7, 11) is 0. The van der Waals surface area contributed by atoms with Crippen molar-refractivity contribution in [3.63, 3.8) is 0 Å². The van der Waals surface area contributed by atoms with E-state index in [2.05, 4.69) is 9.79 Å². The predicted molar refractivity (Wildman–Crippen MR) is 31.5 cm³/mol. The highest BCUT2D eigenvalue weighted by Gasteiger charge is 2.11. The molecule has 1 heterocycles. The Morgan fingerprint density at radius 3 is 2.67 bits per heavy atom. The summed E-state index contributed by atoms with van der Waals surface area (Å²) in [6.45, 7) is 4.00. The molecule has 0 unspecified atom stereocenters. The fraction of sp³-hybridized carbons (Fsp3) is 0.600. The van der Waals surface area contributed by atoms with Crippen molar-refractivity contribution in [1.29, 1.82) is 0 Å². The van der Waals surface area contributed by atoms with Gasteiger partial charge in [0.15, 0.2) is 6.04 Å². The Hall–Kier alpha value is -1.06. The molecule has 4 heteroatoms. The smallest absolute Gasteiger partial charge is 0.293 e. The Kier molecular flexibility index (Phi) is 1.38. The van der Waals surface area contributed by atoms with Crippen molar-refractivity contribution in [3.8, 4) is 0 Å². The van der Waals surface area contributed by atoms with Gasteiger partial charge in [-0.3, -0.25) is 4.52 Å². The average Bonchev–Trinajstić information content (AvgIpc) is 2.14. The molecule has 0 aliphatic heterocycles. The summed E-state index contributed by atoms with van der Waals surface area (Å²) in [5.41, 5.74) is 5.27. The maximum atomic E-state index is 5.27. The largest absolute Gasteiger partial charge is 0.362 e. The highest BCUT2D eigenvalue weighted by molar-refractivity contribution is 5.11. The van der Waals surface area contributed by atoms with Crippen molar-refractivity contribution in [3.05, 3.63) is 6.20 Å². The van der Waals surface area contributed by atoms with Crippen LogP contribution in [-0.2, 0) is 0 Å². The van der Waals surface area contributed by atoms with Gasteiger partial charge in [0.2, 0.25) is 5.27 Å². The summed E-state index contributed by atoms with van der Waals surface area (Å²) in [6.07, 6.45) is 1.66. The highest BCUT2D eigenvalue weighted by atomic mass is 16.5. The van der Waals surface area contributed by atoms with E-state index in [-0.39, 0.29) is 0 Å². The predicted octanol–water partition coefficient (Wildman–Crippen LogP) is 0.125. The number of hydrogen-bond acceptors (Lipinski definition) is 3. The zero-order valence-corrected chi connectivity index (χ0v) is 5.53. The van der Waals surface area contributed by atoms with Crippen LogP contribution in [0, 0.1) is 0 Å². The standard InChI is InChI=1S/C5H10N3O/c1-4(2)8-3-5(6)9-7-8/h3-4H,6H2,1-2H3/q+1. The van der Waals surface area contributed by atoms with E-state index in [0.29, 0.717) is 11.9 Å². The van der Waals surface area contributed by atoms with Crippen LogP contribution in [0.1, 0.15) is 19.9 Å². The first-order valence-corrected chi connectivity index (χ1v) is 2.84. The van der Waals surface area contributed by atoms with Crippen LogP contribution in [0.25, 0.3) is 0 Å². The topological polar surface area (TPSA) is 55.9 Å². The molecule has 1 rings (SSSR count). The van der Waals surface area contributed by atoms with E-state index < -0.39 is 0 Å². The summed E-state index contributed by atoms with van der Waals surface area (Å²) < 4.78 is 6.28. The molecule has 9 heavy (non-hydrogen) atoms. The van der Waals surface area contributed by atoms with Crippen molar-refractivity contribution in [1.82, 2.24) is 5.27 Å². The summed E-state index contributed by atoms with van der Waals surface area (Å²) in [4.78, 5) is 0. The minimum absolute atomic E-state index is 0.311. The summed E-state index contributed by atoms with van der Waals surface area (Å²) in [6, 6.07) is 0.311. The fourth-order valence-corrected chi connectivity index (χ4v) is 0.515. The summed E-state index contributed by atoms with van der Waals surface area (Å²) in [5.74, 6) is 0.351. The minimum atomic E-state index is 0.311. The van der Waals surface area contributed by atoms with Gasteiger partial charge in [-0.1, -0.05) is 0 Å². The number of hydrogen-bond donors (Lipinski definition) is 1. The second kappa shape index (κ2) is 2.05. The normalized spacial score (nSPS) is 10.6. The third kappa shape index (κ3) is 1.19. The van der Waals surface area contributed by atoms with Crippen molar-refractivity contribution in [2.75, 3.05) is 5.73 Å². The lowest BCUT2D eigenvalue weighted by molar-refractivity contribution is -0.779. The maximum absolute atomic E-state index is 5.27. The SMILES string of the molecule is CC(C)[n+]1cc(N)on1. The zero-order valence-electron chi connectivity index (χ0n) is 5.53. The molecule has 0 spiro atoms. The molecule has 0 aliphatic carbocycles. The molecule has 50 valence electrons. The fourth-order valence-electron chi connectivity index (χ4n) is 0.515. The zero-order chi connectivity index (χ0) is 6.85. The van der Waals surface area contributed by atoms with E-state index in [4.69, 9.17) is 5.73 Å². The lowest BCUT2D eigenvalue weighted by atomic mass is 10.4. The molecule has 4 nitrogen and oxygen atoms in total. The molecule has 0 saturated heterocycles. The van der Waals surface area contributed by atoms with Crippen LogP contribution >= 0.6 is 0 Å². The number of nitrogens with zero attached hydrogens (tertiary/aromatic N) is 2. The van der Waals surface area contributed by atoms with Crippen LogP contribution < -0.4 is 10.4 Å². The van der Waals surface area contributed by atoms with E-state index in [9.17, 15) is 0 Å². The monoisotopic (exact) mass is 128 g/mol. The number of rotatable bonds is 1. The third-order valence-corrected chi connectivity index (χ3v) is 1.03. The lowest BCUT2D eigenvalue weighted by Gasteiger charge is -1.85. The molecular formula is C5H10N3O+.